The summed E-state index contributed by atoms with van der Waals surface area (Å²) in [6, 6.07) is 9.74. The minimum Gasteiger partial charge on any atom is -0.449 e. The second-order valence-corrected chi connectivity index (χ2v) is 6.01. The van der Waals surface area contributed by atoms with Gasteiger partial charge in [0, 0.05) is 16.6 Å². The molecule has 0 saturated carbocycles. The highest BCUT2D eigenvalue weighted by Crippen LogP contribution is 2.23. The van der Waals surface area contributed by atoms with E-state index in [4.69, 9.17) is 4.74 Å². The van der Waals surface area contributed by atoms with E-state index in [1.54, 1.807) is 24.3 Å². The fraction of sp³-hybridized carbons (Fsp3) is 0.176. The highest BCUT2D eigenvalue weighted by Gasteiger charge is 2.22. The molecule has 0 unspecified atom stereocenters. The Hall–Kier alpha value is -2.94. The number of hydrogen-bond donors (Lipinski definition) is 1. The lowest BCUT2D eigenvalue weighted by Gasteiger charge is -2.14. The van der Waals surface area contributed by atoms with Crippen molar-refractivity contribution in [3.05, 3.63) is 64.0 Å². The number of carbonyl (C=O) groups is 2. The number of nitrogens with zero attached hydrogens (tertiary/aromatic N) is 1. The van der Waals surface area contributed by atoms with E-state index in [1.807, 2.05) is 6.26 Å². The van der Waals surface area contributed by atoms with Gasteiger partial charge < -0.3 is 10.1 Å². The van der Waals surface area contributed by atoms with Crippen LogP contribution in [0.5, 0.6) is 0 Å². The topological polar surface area (TPSA) is 98.5 Å². The maximum atomic E-state index is 13.3. The molecule has 1 amide bonds. The molecule has 7 nitrogen and oxygen atoms in total. The number of nitrogens with one attached hydrogen (secondary N) is 1. The van der Waals surface area contributed by atoms with E-state index in [1.165, 1.54) is 24.8 Å². The molecule has 0 radical (unpaired) electrons. The largest absolute Gasteiger partial charge is 0.449 e. The molecule has 0 aliphatic rings. The van der Waals surface area contributed by atoms with E-state index < -0.39 is 34.4 Å². The summed E-state index contributed by atoms with van der Waals surface area (Å²) in [4.78, 5) is 34.9. The van der Waals surface area contributed by atoms with Gasteiger partial charge in [0.1, 0.15) is 0 Å². The van der Waals surface area contributed by atoms with Crippen LogP contribution in [0.4, 0.5) is 15.8 Å². The second-order valence-electron chi connectivity index (χ2n) is 5.16. The molecular formula is C17H15FN2O5S. The van der Waals surface area contributed by atoms with Crippen LogP contribution in [-0.4, -0.2) is 29.2 Å². The van der Waals surface area contributed by atoms with Crippen LogP contribution in [0.3, 0.4) is 0 Å². The number of rotatable bonds is 6. The molecule has 136 valence electrons. The number of ether oxygens (including phenoxy) is 1. The average molecular weight is 378 g/mol. The summed E-state index contributed by atoms with van der Waals surface area (Å²) in [5.74, 6) is -2.37. The van der Waals surface area contributed by atoms with Gasteiger partial charge in [-0.3, -0.25) is 14.9 Å². The Balaban J connectivity index is 2.07. The molecular weight excluding hydrogens is 363 g/mol. The van der Waals surface area contributed by atoms with E-state index in [0.29, 0.717) is 10.5 Å². The van der Waals surface area contributed by atoms with Crippen molar-refractivity contribution < 1.29 is 23.6 Å². The third kappa shape index (κ3) is 4.57. The van der Waals surface area contributed by atoms with Crippen molar-refractivity contribution in [2.75, 3.05) is 11.6 Å². The van der Waals surface area contributed by atoms with E-state index in [9.17, 15) is 24.1 Å². The Morgan fingerprint density at radius 1 is 1.27 bits per heavy atom. The summed E-state index contributed by atoms with van der Waals surface area (Å²) in [5.41, 5.74) is -0.408. The molecule has 0 saturated heterocycles. The van der Waals surface area contributed by atoms with Crippen LogP contribution in [0.1, 0.15) is 17.3 Å². The van der Waals surface area contributed by atoms with Crippen molar-refractivity contribution in [3.63, 3.8) is 0 Å². The summed E-state index contributed by atoms with van der Waals surface area (Å²) in [5, 5.41) is 13.1. The van der Waals surface area contributed by atoms with Crippen LogP contribution in [0, 0.1) is 15.9 Å². The molecule has 26 heavy (non-hydrogen) atoms. The van der Waals surface area contributed by atoms with E-state index in [-0.39, 0.29) is 5.69 Å². The van der Waals surface area contributed by atoms with Gasteiger partial charge in [-0.15, -0.1) is 11.8 Å². The van der Waals surface area contributed by atoms with E-state index in [2.05, 4.69) is 5.32 Å². The smallest absolute Gasteiger partial charge is 0.340 e. The lowest BCUT2D eigenvalue weighted by Crippen LogP contribution is -2.30. The second kappa shape index (κ2) is 8.43. The first-order chi connectivity index (χ1) is 12.3. The van der Waals surface area contributed by atoms with Crippen LogP contribution in [0.25, 0.3) is 0 Å². The van der Waals surface area contributed by atoms with Crippen molar-refractivity contribution in [1.82, 2.24) is 0 Å². The van der Waals surface area contributed by atoms with Gasteiger partial charge in [0.15, 0.2) is 6.10 Å². The summed E-state index contributed by atoms with van der Waals surface area (Å²) in [6.07, 6.45) is 0.658. The molecule has 1 N–H and O–H groups in total. The van der Waals surface area contributed by atoms with Gasteiger partial charge >= 0.3 is 11.7 Å². The molecule has 1 atom stereocenters. The first-order valence-electron chi connectivity index (χ1n) is 7.42. The van der Waals surface area contributed by atoms with Crippen molar-refractivity contribution in [1.29, 1.82) is 0 Å². The summed E-state index contributed by atoms with van der Waals surface area (Å²) >= 11 is 1.37. The van der Waals surface area contributed by atoms with Gasteiger partial charge in [-0.05, 0) is 37.4 Å². The molecule has 0 aliphatic heterocycles. The summed E-state index contributed by atoms with van der Waals surface area (Å²) in [6.45, 7) is 1.37. The number of halogens is 1. The number of nitro benzene ring substituents is 1. The maximum Gasteiger partial charge on any atom is 0.340 e. The number of nitro groups is 1. The van der Waals surface area contributed by atoms with Crippen LogP contribution < -0.4 is 5.32 Å². The molecule has 2 aromatic rings. The van der Waals surface area contributed by atoms with Crippen LogP contribution in [-0.2, 0) is 9.53 Å². The quantitative estimate of drug-likeness (QED) is 0.357. The van der Waals surface area contributed by atoms with Crippen molar-refractivity contribution in [2.45, 2.75) is 17.9 Å². The molecule has 0 aliphatic carbocycles. The number of carbonyl (C=O) groups excluding carboxylic acids is 2. The van der Waals surface area contributed by atoms with Crippen LogP contribution in [0.15, 0.2) is 47.4 Å². The van der Waals surface area contributed by atoms with Crippen molar-refractivity contribution >= 4 is 35.0 Å². The Bertz CT molecular complexity index is 859. The Labute approximate surface area is 152 Å². The normalized spacial score (nSPS) is 11.5. The average Bonchev–Trinajstić information content (AvgIpc) is 2.62. The molecule has 9 heteroatoms. The van der Waals surface area contributed by atoms with Gasteiger partial charge in [-0.1, -0.05) is 12.1 Å². The molecule has 0 heterocycles. The Morgan fingerprint density at radius 2 is 1.96 bits per heavy atom. The highest BCUT2D eigenvalue weighted by molar-refractivity contribution is 7.98. The number of thioether (sulfide) groups is 1. The van der Waals surface area contributed by atoms with Crippen molar-refractivity contribution in [2.24, 2.45) is 0 Å². The fourth-order valence-corrected chi connectivity index (χ4v) is 2.65. The number of hydrogen-bond acceptors (Lipinski definition) is 6. The molecule has 0 fully saturated rings. The van der Waals surface area contributed by atoms with E-state index in [0.717, 1.165) is 12.1 Å². The predicted molar refractivity (Wildman–Crippen MR) is 94.8 cm³/mol. The lowest BCUT2D eigenvalue weighted by atomic mass is 10.2. The first kappa shape index (κ1) is 19.4. The zero-order chi connectivity index (χ0) is 19.3. The summed E-state index contributed by atoms with van der Waals surface area (Å²) < 4.78 is 18.5. The molecule has 0 bridgehead atoms. The van der Waals surface area contributed by atoms with Crippen LogP contribution in [0.2, 0.25) is 0 Å². The van der Waals surface area contributed by atoms with Gasteiger partial charge in [0.25, 0.3) is 5.91 Å². The monoisotopic (exact) mass is 378 g/mol. The molecule has 2 rings (SSSR count). The SMILES string of the molecule is CSc1ccccc1C(=O)O[C@H](C)C(=O)Nc1ccc(F)c([N+](=O)[O-])c1. The zero-order valence-corrected chi connectivity index (χ0v) is 14.7. The standard InChI is InChI=1S/C17H15FN2O5S/c1-10(25-17(22)12-5-3-4-6-15(12)26-2)16(21)19-11-7-8-13(18)14(9-11)20(23)24/h3-10H,1-2H3,(H,19,21)/t10-/m1/s1. The third-order valence-electron chi connectivity index (χ3n) is 3.39. The zero-order valence-electron chi connectivity index (χ0n) is 13.9. The Kier molecular flexibility index (Phi) is 6.29. The third-order valence-corrected chi connectivity index (χ3v) is 4.19. The number of benzene rings is 2. The minimum absolute atomic E-state index is 0.0236. The molecule has 2 aromatic carbocycles. The molecule has 0 spiro atoms. The van der Waals surface area contributed by atoms with Gasteiger partial charge in [0.2, 0.25) is 5.82 Å². The fourth-order valence-electron chi connectivity index (χ4n) is 2.07. The molecule has 0 aromatic heterocycles. The maximum absolute atomic E-state index is 13.3. The number of esters is 1. The predicted octanol–water partition coefficient (Wildman–Crippen LogP) is 3.64. The lowest BCUT2D eigenvalue weighted by molar-refractivity contribution is -0.387. The first-order valence-corrected chi connectivity index (χ1v) is 8.64. The van der Waals surface area contributed by atoms with Gasteiger partial charge in [-0.2, -0.15) is 4.39 Å². The van der Waals surface area contributed by atoms with Gasteiger partial charge in [0.05, 0.1) is 10.5 Å². The van der Waals surface area contributed by atoms with Gasteiger partial charge in [-0.25, -0.2) is 4.79 Å². The van der Waals surface area contributed by atoms with Crippen LogP contribution >= 0.6 is 11.8 Å². The minimum atomic E-state index is -1.15. The number of amides is 1. The van der Waals surface area contributed by atoms with Crippen molar-refractivity contribution in [3.8, 4) is 0 Å². The van der Waals surface area contributed by atoms with E-state index >= 15 is 0 Å². The number of anilines is 1. The highest BCUT2D eigenvalue weighted by atomic mass is 32.2. The Morgan fingerprint density at radius 3 is 2.62 bits per heavy atom. The summed E-state index contributed by atoms with van der Waals surface area (Å²) in [7, 11) is 0.